The van der Waals surface area contributed by atoms with Gasteiger partial charge in [-0.2, -0.15) is 4.39 Å². The highest BCUT2D eigenvalue weighted by Gasteiger charge is 2.09. The van der Waals surface area contributed by atoms with Crippen LogP contribution >= 0.6 is 0 Å². The number of ether oxygens (including phenoxy) is 1. The molecule has 80 valence electrons. The Morgan fingerprint density at radius 1 is 1.53 bits per heavy atom. The van der Waals surface area contributed by atoms with E-state index in [-0.39, 0.29) is 5.69 Å². The van der Waals surface area contributed by atoms with E-state index in [0.717, 1.165) is 6.07 Å². The first kappa shape index (κ1) is 11.2. The molecule has 0 saturated heterocycles. The Hall–Kier alpha value is -1.91. The van der Waals surface area contributed by atoms with Crippen LogP contribution in [0.25, 0.3) is 0 Å². The van der Waals surface area contributed by atoms with Crippen molar-refractivity contribution in [1.82, 2.24) is 0 Å². The van der Waals surface area contributed by atoms with Gasteiger partial charge in [-0.05, 0) is 18.2 Å². The summed E-state index contributed by atoms with van der Waals surface area (Å²) in [6.45, 7) is 0. The van der Waals surface area contributed by atoms with Crippen molar-refractivity contribution in [3.8, 4) is 0 Å². The normalized spacial score (nSPS) is 11.0. The largest absolute Gasteiger partial charge is 0.501 e. The summed E-state index contributed by atoms with van der Waals surface area (Å²) in [7, 11) is 1.22. The molecule has 0 fully saturated rings. The van der Waals surface area contributed by atoms with Gasteiger partial charge in [0.1, 0.15) is 12.1 Å². The monoisotopic (exact) mass is 213 g/mol. The van der Waals surface area contributed by atoms with Crippen molar-refractivity contribution < 1.29 is 18.3 Å². The number of carbonyl (C=O) groups is 1. The fourth-order valence-corrected chi connectivity index (χ4v) is 0.914. The topological polar surface area (TPSA) is 38.3 Å². The number of hydrogen-bond acceptors (Lipinski definition) is 2. The van der Waals surface area contributed by atoms with Gasteiger partial charge in [0.05, 0.1) is 7.11 Å². The third-order valence-corrected chi connectivity index (χ3v) is 1.52. The molecule has 0 radical (unpaired) electrons. The van der Waals surface area contributed by atoms with E-state index in [1.807, 2.05) is 0 Å². The summed E-state index contributed by atoms with van der Waals surface area (Å²) in [4.78, 5) is 11.1. The summed E-state index contributed by atoms with van der Waals surface area (Å²) in [6, 6.07) is 5.15. The van der Waals surface area contributed by atoms with Gasteiger partial charge in [-0.15, -0.1) is 0 Å². The van der Waals surface area contributed by atoms with E-state index in [4.69, 9.17) is 0 Å². The number of anilines is 1. The summed E-state index contributed by atoms with van der Waals surface area (Å²) in [6.07, 6.45) is 0.661. The number of halogens is 2. The van der Waals surface area contributed by atoms with E-state index in [0.29, 0.717) is 6.26 Å². The molecular weight excluding hydrogens is 204 g/mol. The number of benzene rings is 1. The molecule has 0 aliphatic carbocycles. The molecule has 5 heteroatoms. The molecule has 0 atom stereocenters. The van der Waals surface area contributed by atoms with Crippen LogP contribution in [0.15, 0.2) is 36.4 Å². The van der Waals surface area contributed by atoms with Crippen LogP contribution in [0.5, 0.6) is 0 Å². The first-order valence-electron chi connectivity index (χ1n) is 4.09. The Bertz CT molecular complexity index is 391. The van der Waals surface area contributed by atoms with Crippen LogP contribution < -0.4 is 5.32 Å². The second-order valence-corrected chi connectivity index (χ2v) is 2.67. The number of rotatable bonds is 3. The lowest BCUT2D eigenvalue weighted by molar-refractivity contribution is -0.114. The minimum absolute atomic E-state index is 0.180. The van der Waals surface area contributed by atoms with Crippen LogP contribution in [0.3, 0.4) is 0 Å². The maximum absolute atomic E-state index is 12.8. The zero-order valence-corrected chi connectivity index (χ0v) is 7.96. The second kappa shape index (κ2) is 5.09. The molecule has 0 aliphatic heterocycles. The highest BCUT2D eigenvalue weighted by Crippen LogP contribution is 2.10. The zero-order valence-electron chi connectivity index (χ0n) is 7.96. The van der Waals surface area contributed by atoms with Gasteiger partial charge in [0.25, 0.3) is 5.91 Å². The summed E-state index contributed by atoms with van der Waals surface area (Å²) >= 11 is 0. The predicted octanol–water partition coefficient (Wildman–Crippen LogP) is 2.22. The molecule has 0 aromatic heterocycles. The van der Waals surface area contributed by atoms with Crippen LogP contribution in [-0.4, -0.2) is 13.0 Å². The molecular formula is C10H9F2NO2. The fraction of sp³-hybridized carbons (Fsp3) is 0.100. The standard InChI is InChI=1S/C10H9F2NO2/c1-15-6-9(12)10(14)13-8-4-2-3-7(11)5-8/h2-6H,1H3,(H,13,14)/b9-6-. The Balaban J connectivity index is 2.70. The first-order valence-corrected chi connectivity index (χ1v) is 4.09. The van der Waals surface area contributed by atoms with Gasteiger partial charge >= 0.3 is 0 Å². The van der Waals surface area contributed by atoms with E-state index in [1.54, 1.807) is 0 Å². The average molecular weight is 213 g/mol. The van der Waals surface area contributed by atoms with Crippen LogP contribution in [0.4, 0.5) is 14.5 Å². The lowest BCUT2D eigenvalue weighted by Crippen LogP contribution is -2.12. The number of methoxy groups -OCH3 is 1. The molecule has 1 aromatic rings. The van der Waals surface area contributed by atoms with E-state index in [9.17, 15) is 13.6 Å². The quantitative estimate of drug-likeness (QED) is 0.617. The van der Waals surface area contributed by atoms with Gasteiger partial charge in [0.2, 0.25) is 5.83 Å². The van der Waals surface area contributed by atoms with Crippen molar-refractivity contribution in [2.24, 2.45) is 0 Å². The first-order chi connectivity index (χ1) is 7.13. The van der Waals surface area contributed by atoms with Crippen molar-refractivity contribution in [3.63, 3.8) is 0 Å². The minimum Gasteiger partial charge on any atom is -0.501 e. The number of nitrogens with one attached hydrogen (secondary N) is 1. The predicted molar refractivity (Wildman–Crippen MR) is 51.2 cm³/mol. The third kappa shape index (κ3) is 3.38. The van der Waals surface area contributed by atoms with E-state index < -0.39 is 17.6 Å². The van der Waals surface area contributed by atoms with Crippen molar-refractivity contribution in [2.75, 3.05) is 12.4 Å². The highest BCUT2D eigenvalue weighted by molar-refractivity contribution is 6.01. The van der Waals surface area contributed by atoms with Crippen LogP contribution in [0.2, 0.25) is 0 Å². The minimum atomic E-state index is -1.08. The molecule has 0 saturated carbocycles. The highest BCUT2D eigenvalue weighted by atomic mass is 19.1. The number of carbonyl (C=O) groups excluding carboxylic acids is 1. The molecule has 15 heavy (non-hydrogen) atoms. The Morgan fingerprint density at radius 3 is 2.87 bits per heavy atom. The zero-order chi connectivity index (χ0) is 11.3. The Morgan fingerprint density at radius 2 is 2.27 bits per heavy atom. The van der Waals surface area contributed by atoms with Gasteiger partial charge in [-0.3, -0.25) is 4.79 Å². The molecule has 1 amide bonds. The van der Waals surface area contributed by atoms with E-state index >= 15 is 0 Å². The van der Waals surface area contributed by atoms with Crippen LogP contribution in [-0.2, 0) is 9.53 Å². The van der Waals surface area contributed by atoms with Gasteiger partial charge in [-0.1, -0.05) is 6.07 Å². The summed E-state index contributed by atoms with van der Waals surface area (Å²) < 4.78 is 29.8. The van der Waals surface area contributed by atoms with Gasteiger partial charge in [-0.25, -0.2) is 4.39 Å². The Labute approximate surface area is 85.4 Å². The fourth-order valence-electron chi connectivity index (χ4n) is 0.914. The molecule has 0 bridgehead atoms. The molecule has 1 rings (SSSR count). The summed E-state index contributed by atoms with van der Waals surface area (Å²) in [5.74, 6) is -2.58. The third-order valence-electron chi connectivity index (χ3n) is 1.52. The molecule has 0 unspecified atom stereocenters. The lowest BCUT2D eigenvalue weighted by Gasteiger charge is -2.02. The smallest absolute Gasteiger partial charge is 0.287 e. The summed E-state index contributed by atoms with van der Waals surface area (Å²) in [5.41, 5.74) is 0.180. The number of amides is 1. The van der Waals surface area contributed by atoms with Crippen LogP contribution in [0, 0.1) is 5.82 Å². The maximum atomic E-state index is 12.8. The molecule has 3 nitrogen and oxygen atoms in total. The van der Waals surface area contributed by atoms with Gasteiger partial charge in [0.15, 0.2) is 0 Å². The maximum Gasteiger partial charge on any atom is 0.287 e. The van der Waals surface area contributed by atoms with Crippen molar-refractivity contribution in [3.05, 3.63) is 42.2 Å². The Kier molecular flexibility index (Phi) is 3.79. The van der Waals surface area contributed by atoms with Crippen molar-refractivity contribution in [2.45, 2.75) is 0 Å². The van der Waals surface area contributed by atoms with E-state index in [2.05, 4.69) is 10.1 Å². The van der Waals surface area contributed by atoms with Crippen molar-refractivity contribution >= 4 is 11.6 Å². The van der Waals surface area contributed by atoms with Gasteiger partial charge in [0, 0.05) is 5.69 Å². The second-order valence-electron chi connectivity index (χ2n) is 2.67. The SMILES string of the molecule is CO/C=C(\F)C(=O)Nc1cccc(F)c1. The van der Waals surface area contributed by atoms with Gasteiger partial charge < -0.3 is 10.1 Å². The molecule has 1 aromatic carbocycles. The number of hydrogen-bond donors (Lipinski definition) is 1. The molecule has 1 N–H and O–H groups in total. The van der Waals surface area contributed by atoms with Crippen LogP contribution in [0.1, 0.15) is 0 Å². The molecule has 0 heterocycles. The molecule has 0 spiro atoms. The molecule has 0 aliphatic rings. The lowest BCUT2D eigenvalue weighted by atomic mass is 10.3. The average Bonchev–Trinajstić information content (AvgIpc) is 2.18. The van der Waals surface area contributed by atoms with Crippen molar-refractivity contribution in [1.29, 1.82) is 0 Å². The van der Waals surface area contributed by atoms with E-state index in [1.165, 1.54) is 25.3 Å². The summed E-state index contributed by atoms with van der Waals surface area (Å²) in [5, 5.41) is 2.17.